The molecule has 3 N–H and O–H groups in total. The lowest BCUT2D eigenvalue weighted by Gasteiger charge is -2.09. The molecule has 0 aliphatic rings. The van der Waals surface area contributed by atoms with Gasteiger partial charge in [-0.3, -0.25) is 14.3 Å². The van der Waals surface area contributed by atoms with Crippen LogP contribution in [0.5, 0.6) is 0 Å². The second kappa shape index (κ2) is 6.11. The minimum atomic E-state index is -3.99. The highest BCUT2D eigenvalue weighted by atomic mass is 32.2. The van der Waals surface area contributed by atoms with Crippen LogP contribution in [0.4, 0.5) is 5.69 Å². The summed E-state index contributed by atoms with van der Waals surface area (Å²) in [6, 6.07) is 9.06. The van der Waals surface area contributed by atoms with E-state index >= 15 is 0 Å². The topological polar surface area (TPSA) is 146 Å². The molecule has 0 amide bonds. The summed E-state index contributed by atoms with van der Waals surface area (Å²) in [4.78, 5) is 27.2. The SMILES string of the molecule is CS(=O)(=O)c1ccc(NS(=O)(=O)c2ccc3[nH]c(=O)c(=O)[nH]c3c2)cc1. The zero-order valence-corrected chi connectivity index (χ0v) is 14.9. The number of aromatic nitrogens is 2. The van der Waals surface area contributed by atoms with Crippen LogP contribution in [0.25, 0.3) is 11.0 Å². The van der Waals surface area contributed by atoms with Crippen molar-refractivity contribution in [2.24, 2.45) is 0 Å². The molecule has 0 spiro atoms. The summed E-state index contributed by atoms with van der Waals surface area (Å²) in [6.07, 6.45) is 1.05. The van der Waals surface area contributed by atoms with Crippen molar-refractivity contribution in [3.05, 3.63) is 63.2 Å². The van der Waals surface area contributed by atoms with Gasteiger partial charge >= 0.3 is 11.1 Å². The van der Waals surface area contributed by atoms with Crippen LogP contribution in [0, 0.1) is 0 Å². The van der Waals surface area contributed by atoms with E-state index in [4.69, 9.17) is 0 Å². The molecule has 3 rings (SSSR count). The molecule has 3 aromatic rings. The van der Waals surface area contributed by atoms with Crippen LogP contribution in [-0.4, -0.2) is 33.1 Å². The number of anilines is 1. The Balaban J connectivity index is 1.97. The Bertz CT molecular complexity index is 1320. The molecule has 1 heterocycles. The first kappa shape index (κ1) is 17.9. The fourth-order valence-corrected chi connectivity index (χ4v) is 3.96. The lowest BCUT2D eigenvalue weighted by Crippen LogP contribution is -2.29. The zero-order chi connectivity index (χ0) is 19.1. The number of rotatable bonds is 4. The fourth-order valence-electron chi connectivity index (χ4n) is 2.25. The average molecular weight is 395 g/mol. The number of fused-ring (bicyclic) bond motifs is 1. The van der Waals surface area contributed by atoms with Crippen molar-refractivity contribution in [3.63, 3.8) is 0 Å². The van der Waals surface area contributed by atoms with E-state index in [9.17, 15) is 26.4 Å². The van der Waals surface area contributed by atoms with Crippen molar-refractivity contribution < 1.29 is 16.8 Å². The van der Waals surface area contributed by atoms with Crippen molar-refractivity contribution in [3.8, 4) is 0 Å². The number of hydrogen-bond acceptors (Lipinski definition) is 6. The van der Waals surface area contributed by atoms with E-state index in [1.165, 1.54) is 42.5 Å². The first-order chi connectivity index (χ1) is 12.1. The third kappa shape index (κ3) is 3.53. The second-order valence-electron chi connectivity index (χ2n) is 5.52. The fraction of sp³-hybridized carbons (Fsp3) is 0.0667. The third-order valence-corrected chi connectivity index (χ3v) is 6.05. The van der Waals surface area contributed by atoms with Crippen molar-refractivity contribution in [1.29, 1.82) is 0 Å². The van der Waals surface area contributed by atoms with E-state index in [0.29, 0.717) is 0 Å². The number of nitrogens with one attached hydrogen (secondary N) is 3. The first-order valence-corrected chi connectivity index (χ1v) is 10.5. The molecule has 136 valence electrons. The largest absolute Gasteiger partial charge is 0.316 e. The number of sulfone groups is 1. The quantitative estimate of drug-likeness (QED) is 0.546. The van der Waals surface area contributed by atoms with E-state index < -0.39 is 31.0 Å². The molecule has 0 radical (unpaired) electrons. The number of hydrogen-bond donors (Lipinski definition) is 3. The summed E-state index contributed by atoms with van der Waals surface area (Å²) < 4.78 is 50.2. The maximum absolute atomic E-state index is 12.5. The number of aromatic amines is 2. The summed E-state index contributed by atoms with van der Waals surface area (Å²) >= 11 is 0. The van der Waals surface area contributed by atoms with Gasteiger partial charge in [0.2, 0.25) is 0 Å². The Morgan fingerprint density at radius 3 is 1.88 bits per heavy atom. The van der Waals surface area contributed by atoms with Gasteiger partial charge in [0.05, 0.1) is 20.8 Å². The van der Waals surface area contributed by atoms with Crippen molar-refractivity contribution >= 4 is 36.6 Å². The Hall–Kier alpha value is -2.92. The van der Waals surface area contributed by atoms with Crippen LogP contribution in [-0.2, 0) is 19.9 Å². The monoisotopic (exact) mass is 395 g/mol. The van der Waals surface area contributed by atoms with Gasteiger partial charge in [0.15, 0.2) is 9.84 Å². The number of H-pyrrole nitrogens is 2. The summed E-state index contributed by atoms with van der Waals surface area (Å²) in [5.74, 6) is 0. The third-order valence-electron chi connectivity index (χ3n) is 3.54. The van der Waals surface area contributed by atoms with E-state index in [2.05, 4.69) is 14.7 Å². The van der Waals surface area contributed by atoms with Gasteiger partial charge in [0.1, 0.15) is 0 Å². The van der Waals surface area contributed by atoms with Crippen molar-refractivity contribution in [2.75, 3.05) is 11.0 Å². The molecule has 2 aromatic carbocycles. The van der Waals surface area contributed by atoms with E-state index in [1.54, 1.807) is 0 Å². The van der Waals surface area contributed by atoms with Gasteiger partial charge in [-0.2, -0.15) is 0 Å². The predicted octanol–water partition coefficient (Wildman–Crippen LogP) is 0.421. The van der Waals surface area contributed by atoms with Gasteiger partial charge in [-0.25, -0.2) is 16.8 Å². The first-order valence-electron chi connectivity index (χ1n) is 7.15. The summed E-state index contributed by atoms with van der Waals surface area (Å²) in [5, 5.41) is 0. The molecule has 26 heavy (non-hydrogen) atoms. The lowest BCUT2D eigenvalue weighted by molar-refractivity contribution is 0.600. The minimum Gasteiger partial charge on any atom is -0.316 e. The van der Waals surface area contributed by atoms with Crippen LogP contribution in [0.1, 0.15) is 0 Å². The second-order valence-corrected chi connectivity index (χ2v) is 9.22. The molecule has 0 fully saturated rings. The predicted molar refractivity (Wildman–Crippen MR) is 95.5 cm³/mol. The van der Waals surface area contributed by atoms with Gasteiger partial charge in [-0.1, -0.05) is 0 Å². The van der Waals surface area contributed by atoms with Gasteiger partial charge < -0.3 is 9.97 Å². The molecule has 0 saturated heterocycles. The normalized spacial score (nSPS) is 12.2. The molecule has 0 aliphatic carbocycles. The zero-order valence-electron chi connectivity index (χ0n) is 13.3. The van der Waals surface area contributed by atoms with Crippen LogP contribution >= 0.6 is 0 Å². The average Bonchev–Trinajstić information content (AvgIpc) is 2.55. The molecule has 9 nitrogen and oxygen atoms in total. The van der Waals surface area contributed by atoms with Crippen molar-refractivity contribution in [1.82, 2.24) is 9.97 Å². The Morgan fingerprint density at radius 2 is 1.31 bits per heavy atom. The van der Waals surface area contributed by atoms with Crippen LogP contribution in [0.2, 0.25) is 0 Å². The molecular formula is C15H13N3O6S2. The van der Waals surface area contributed by atoms with E-state index in [0.717, 1.165) is 6.26 Å². The highest BCUT2D eigenvalue weighted by Gasteiger charge is 2.16. The van der Waals surface area contributed by atoms with Crippen molar-refractivity contribution in [2.45, 2.75) is 9.79 Å². The number of sulfonamides is 1. The van der Waals surface area contributed by atoms with Gasteiger partial charge in [-0.15, -0.1) is 0 Å². The molecule has 0 bridgehead atoms. The van der Waals surface area contributed by atoms with Crippen LogP contribution < -0.4 is 15.8 Å². The highest BCUT2D eigenvalue weighted by Crippen LogP contribution is 2.20. The molecule has 0 atom stereocenters. The summed E-state index contributed by atoms with van der Waals surface area (Å²) in [6.45, 7) is 0. The number of benzene rings is 2. The smallest absolute Gasteiger partial charge is 0.314 e. The van der Waals surface area contributed by atoms with E-state index in [-0.39, 0.29) is 26.5 Å². The Morgan fingerprint density at radius 1 is 0.769 bits per heavy atom. The van der Waals surface area contributed by atoms with Gasteiger partial charge in [-0.05, 0) is 42.5 Å². The maximum Gasteiger partial charge on any atom is 0.314 e. The molecule has 0 aliphatic heterocycles. The van der Waals surface area contributed by atoms with E-state index in [1.807, 2.05) is 0 Å². The summed E-state index contributed by atoms with van der Waals surface area (Å²) in [7, 11) is -7.38. The van der Waals surface area contributed by atoms with Crippen LogP contribution in [0.15, 0.2) is 61.8 Å². The molecule has 11 heteroatoms. The molecule has 0 saturated carbocycles. The molecular weight excluding hydrogens is 382 g/mol. The van der Waals surface area contributed by atoms with Crippen LogP contribution in [0.3, 0.4) is 0 Å². The lowest BCUT2D eigenvalue weighted by atomic mass is 10.3. The summed E-state index contributed by atoms with van der Waals surface area (Å²) in [5.41, 5.74) is -1.11. The minimum absolute atomic E-state index is 0.0627. The maximum atomic E-state index is 12.5. The molecule has 0 unspecified atom stereocenters. The van der Waals surface area contributed by atoms with Gasteiger partial charge in [0, 0.05) is 11.9 Å². The molecule has 1 aromatic heterocycles. The Kier molecular flexibility index (Phi) is 4.20. The standard InChI is InChI=1S/C15H13N3O6S2/c1-25(21,22)10-4-2-9(3-5-10)18-26(23,24)11-6-7-12-13(8-11)17-15(20)14(19)16-12/h2-8,18H,1H3,(H,16,19)(H,17,20). The van der Waals surface area contributed by atoms with Gasteiger partial charge in [0.25, 0.3) is 10.0 Å². The highest BCUT2D eigenvalue weighted by molar-refractivity contribution is 7.92. The Labute approximate surface area is 147 Å².